The van der Waals surface area contributed by atoms with Crippen LogP contribution in [0.3, 0.4) is 0 Å². The number of carbonyl (C=O) groups is 1. The summed E-state index contributed by atoms with van der Waals surface area (Å²) in [5.41, 5.74) is 2.16. The lowest BCUT2D eigenvalue weighted by Crippen LogP contribution is -3.08. The molecular formula is C21H29N4O2S+. The average Bonchev–Trinajstić information content (AvgIpc) is 3.41. The van der Waals surface area contributed by atoms with Crippen LogP contribution in [0.15, 0.2) is 33.9 Å². The Morgan fingerprint density at radius 2 is 1.82 bits per heavy atom. The number of amides is 1. The zero-order valence-corrected chi connectivity index (χ0v) is 17.1. The van der Waals surface area contributed by atoms with E-state index in [1.807, 2.05) is 12.1 Å². The molecule has 150 valence electrons. The van der Waals surface area contributed by atoms with Gasteiger partial charge in [-0.3, -0.25) is 4.79 Å². The Labute approximate surface area is 170 Å². The molecule has 0 unspecified atom stereocenters. The molecule has 28 heavy (non-hydrogen) atoms. The van der Waals surface area contributed by atoms with E-state index in [0.717, 1.165) is 31.0 Å². The first-order valence-electron chi connectivity index (χ1n) is 10.4. The van der Waals surface area contributed by atoms with Crippen LogP contribution in [-0.2, 0) is 11.3 Å². The minimum absolute atomic E-state index is 0.0552. The van der Waals surface area contributed by atoms with Gasteiger partial charge in [0.2, 0.25) is 11.8 Å². The summed E-state index contributed by atoms with van der Waals surface area (Å²) in [4.78, 5) is 13.9. The first kappa shape index (κ1) is 19.5. The summed E-state index contributed by atoms with van der Waals surface area (Å²) in [6, 6.07) is 8.20. The summed E-state index contributed by atoms with van der Waals surface area (Å²) < 4.78 is 5.76. The summed E-state index contributed by atoms with van der Waals surface area (Å²) in [5.74, 6) is 1.34. The number of quaternary nitrogens is 1. The Bertz CT molecular complexity index is 765. The van der Waals surface area contributed by atoms with Gasteiger partial charge in [0.05, 0.1) is 18.8 Å². The van der Waals surface area contributed by atoms with E-state index in [9.17, 15) is 4.79 Å². The van der Waals surface area contributed by atoms with Gasteiger partial charge < -0.3 is 14.6 Å². The lowest BCUT2D eigenvalue weighted by molar-refractivity contribution is -0.901. The highest BCUT2D eigenvalue weighted by atomic mass is 32.2. The van der Waals surface area contributed by atoms with Gasteiger partial charge in [-0.05, 0) is 25.0 Å². The summed E-state index contributed by atoms with van der Waals surface area (Å²) in [7, 11) is 0. The molecule has 7 heteroatoms. The van der Waals surface area contributed by atoms with Crippen molar-refractivity contribution in [2.75, 3.05) is 24.2 Å². The van der Waals surface area contributed by atoms with Gasteiger partial charge in [-0.25, -0.2) is 0 Å². The third-order valence-electron chi connectivity index (χ3n) is 5.71. The van der Waals surface area contributed by atoms with Crippen molar-refractivity contribution in [1.29, 1.82) is 0 Å². The first-order valence-corrected chi connectivity index (χ1v) is 11.4. The van der Waals surface area contributed by atoms with Crippen molar-refractivity contribution >= 4 is 23.4 Å². The van der Waals surface area contributed by atoms with Gasteiger partial charge >= 0.3 is 0 Å². The number of hydrogen-bond donors (Lipinski definition) is 2. The summed E-state index contributed by atoms with van der Waals surface area (Å²) in [6.07, 6.45) is 8.69. The molecule has 0 radical (unpaired) electrons. The molecule has 1 amide bonds. The molecule has 2 aromatic rings. The van der Waals surface area contributed by atoms with Crippen LogP contribution in [0.2, 0.25) is 0 Å². The molecule has 1 saturated carbocycles. The van der Waals surface area contributed by atoms with E-state index in [2.05, 4.69) is 27.6 Å². The lowest BCUT2D eigenvalue weighted by Gasteiger charge is -2.17. The average molecular weight is 402 g/mol. The van der Waals surface area contributed by atoms with Crippen molar-refractivity contribution in [1.82, 2.24) is 10.2 Å². The van der Waals surface area contributed by atoms with Crippen molar-refractivity contribution in [2.24, 2.45) is 0 Å². The van der Waals surface area contributed by atoms with Crippen molar-refractivity contribution < 1.29 is 14.1 Å². The van der Waals surface area contributed by atoms with E-state index in [1.54, 1.807) is 4.90 Å². The number of thioether (sulfide) groups is 1. The van der Waals surface area contributed by atoms with Crippen LogP contribution >= 0.6 is 11.8 Å². The molecular weight excluding hydrogens is 372 g/mol. The molecule has 1 saturated heterocycles. The summed E-state index contributed by atoms with van der Waals surface area (Å²) in [6.45, 7) is 3.62. The molecule has 0 spiro atoms. The SMILES string of the molecule is O=C(CSc1nnc(C2CCCCC2)o1)Nc1ccc(C[NH+]2CCCC2)cc1. The van der Waals surface area contributed by atoms with Crippen LogP contribution < -0.4 is 10.2 Å². The van der Waals surface area contributed by atoms with Crippen LogP contribution in [0.1, 0.15) is 62.3 Å². The van der Waals surface area contributed by atoms with Gasteiger partial charge in [0, 0.05) is 30.0 Å². The second-order valence-corrected chi connectivity index (χ2v) is 8.84. The second kappa shape index (κ2) is 9.56. The Hall–Kier alpha value is -1.86. The predicted octanol–water partition coefficient (Wildman–Crippen LogP) is 3.03. The van der Waals surface area contributed by atoms with Crippen LogP contribution in [0.4, 0.5) is 5.69 Å². The number of nitrogens with one attached hydrogen (secondary N) is 2. The van der Waals surface area contributed by atoms with Gasteiger partial charge in [-0.15, -0.1) is 10.2 Å². The Balaban J connectivity index is 1.22. The number of benzene rings is 1. The first-order chi connectivity index (χ1) is 13.8. The van der Waals surface area contributed by atoms with Crippen molar-refractivity contribution in [2.45, 2.75) is 62.6 Å². The molecule has 0 bridgehead atoms. The van der Waals surface area contributed by atoms with Crippen LogP contribution in [0.5, 0.6) is 0 Å². The number of rotatable bonds is 7. The maximum absolute atomic E-state index is 12.2. The van der Waals surface area contributed by atoms with Crippen LogP contribution in [-0.4, -0.2) is 34.9 Å². The predicted molar refractivity (Wildman–Crippen MR) is 110 cm³/mol. The molecule has 2 fully saturated rings. The highest BCUT2D eigenvalue weighted by Crippen LogP contribution is 2.32. The molecule has 1 aromatic heterocycles. The molecule has 1 aliphatic heterocycles. The minimum atomic E-state index is -0.0552. The Morgan fingerprint density at radius 3 is 2.57 bits per heavy atom. The normalized spacial score (nSPS) is 18.4. The largest absolute Gasteiger partial charge is 0.416 e. The standard InChI is InChI=1S/C21H28N4O2S/c26-19(15-28-21-24-23-20(27-21)17-6-2-1-3-7-17)22-18-10-8-16(9-11-18)14-25-12-4-5-13-25/h8-11,17H,1-7,12-15H2,(H,22,26)/p+1. The molecule has 1 aromatic carbocycles. The van der Waals surface area contributed by atoms with Gasteiger partial charge in [0.25, 0.3) is 5.22 Å². The molecule has 0 atom stereocenters. The fraction of sp³-hybridized carbons (Fsp3) is 0.571. The number of aromatic nitrogens is 2. The highest BCUT2D eigenvalue weighted by molar-refractivity contribution is 7.99. The lowest BCUT2D eigenvalue weighted by atomic mass is 9.89. The van der Waals surface area contributed by atoms with E-state index >= 15 is 0 Å². The number of likely N-dealkylation sites (tertiary alicyclic amines) is 1. The molecule has 6 nitrogen and oxygen atoms in total. The molecule has 2 aliphatic rings. The van der Waals surface area contributed by atoms with Crippen molar-refractivity contribution in [3.8, 4) is 0 Å². The van der Waals surface area contributed by atoms with E-state index in [4.69, 9.17) is 4.42 Å². The van der Waals surface area contributed by atoms with Crippen molar-refractivity contribution in [3.63, 3.8) is 0 Å². The number of anilines is 1. The van der Waals surface area contributed by atoms with Crippen molar-refractivity contribution in [3.05, 3.63) is 35.7 Å². The van der Waals surface area contributed by atoms with Gasteiger partial charge in [0.15, 0.2) is 0 Å². The quantitative estimate of drug-likeness (QED) is 0.698. The minimum Gasteiger partial charge on any atom is -0.416 e. The molecule has 2 N–H and O–H groups in total. The second-order valence-electron chi connectivity index (χ2n) is 7.91. The third-order valence-corrected chi connectivity index (χ3v) is 6.52. The summed E-state index contributed by atoms with van der Waals surface area (Å²) >= 11 is 1.30. The molecule has 2 heterocycles. The van der Waals surface area contributed by atoms with Crippen LogP contribution in [0, 0.1) is 0 Å². The summed E-state index contributed by atoms with van der Waals surface area (Å²) in [5, 5.41) is 11.7. The van der Waals surface area contributed by atoms with Crippen LogP contribution in [0.25, 0.3) is 0 Å². The smallest absolute Gasteiger partial charge is 0.277 e. The highest BCUT2D eigenvalue weighted by Gasteiger charge is 2.21. The Morgan fingerprint density at radius 1 is 1.07 bits per heavy atom. The number of hydrogen-bond acceptors (Lipinski definition) is 5. The molecule has 1 aliphatic carbocycles. The van der Waals surface area contributed by atoms with E-state index in [1.165, 1.54) is 62.5 Å². The number of carbonyl (C=O) groups excluding carboxylic acids is 1. The Kier molecular flexibility index (Phi) is 6.65. The fourth-order valence-electron chi connectivity index (χ4n) is 4.16. The monoisotopic (exact) mass is 401 g/mol. The zero-order valence-electron chi connectivity index (χ0n) is 16.3. The number of nitrogens with zero attached hydrogens (tertiary/aromatic N) is 2. The van der Waals surface area contributed by atoms with E-state index in [0.29, 0.717) is 11.1 Å². The fourth-order valence-corrected chi connectivity index (χ4v) is 4.73. The topological polar surface area (TPSA) is 72.5 Å². The van der Waals surface area contributed by atoms with Gasteiger partial charge in [-0.2, -0.15) is 0 Å². The van der Waals surface area contributed by atoms with E-state index < -0.39 is 0 Å². The maximum atomic E-state index is 12.2. The van der Waals surface area contributed by atoms with E-state index in [-0.39, 0.29) is 11.7 Å². The van der Waals surface area contributed by atoms with Gasteiger partial charge in [-0.1, -0.05) is 43.2 Å². The van der Waals surface area contributed by atoms with Gasteiger partial charge in [0.1, 0.15) is 6.54 Å². The molecule has 4 rings (SSSR count). The zero-order chi connectivity index (χ0) is 19.2. The third kappa shape index (κ3) is 5.35. The maximum Gasteiger partial charge on any atom is 0.277 e.